The average Bonchev–Trinajstić information content (AvgIpc) is 3.92. The van der Waals surface area contributed by atoms with Crippen LogP contribution in [0.2, 0.25) is 0 Å². The molecule has 3 atom stereocenters. The molecule has 0 radical (unpaired) electrons. The minimum Gasteiger partial charge on any atom is -0.396 e. The number of aliphatic hydroxyl groups is 1. The lowest BCUT2D eigenvalue weighted by molar-refractivity contribution is -0.199. The van der Waals surface area contributed by atoms with Gasteiger partial charge in [-0.15, -0.1) is 5.06 Å². The Bertz CT molecular complexity index is 2090. The summed E-state index contributed by atoms with van der Waals surface area (Å²) in [5.74, 6) is 0.207. The van der Waals surface area contributed by atoms with Crippen molar-refractivity contribution in [1.82, 2.24) is 5.06 Å². The van der Waals surface area contributed by atoms with Crippen LogP contribution in [0, 0.1) is 5.92 Å². The number of hydrogen-bond donors (Lipinski definition) is 5. The third-order valence-electron chi connectivity index (χ3n) is 11.2. The normalized spacial score (nSPS) is 19.2. The monoisotopic (exact) mass is 1060 g/mol. The number of benzene rings is 2. The largest absolute Gasteiger partial charge is 0.396 e. The van der Waals surface area contributed by atoms with Crippen LogP contribution in [0.4, 0.5) is 11.4 Å². The zero-order chi connectivity index (χ0) is 53.8. The van der Waals surface area contributed by atoms with E-state index in [-0.39, 0.29) is 31.3 Å². The molecule has 3 unspecified atom stereocenters. The highest BCUT2D eigenvalue weighted by Crippen LogP contribution is 2.54. The number of anilines is 1. The van der Waals surface area contributed by atoms with E-state index in [1.54, 1.807) is 6.92 Å². The van der Waals surface area contributed by atoms with Crippen molar-refractivity contribution in [2.75, 3.05) is 29.6 Å². The smallest absolute Gasteiger partial charge is 0.335 e. The maximum atomic E-state index is 12.6. The SMILES string of the molecule is CC.CC.CC(C)C.CC(CC(=O)ON1C(=O)CCC1=O)OCC(C)(C)N1/C(=C/C=C/C=C/C=C/C2=Nc3ccc(SO)cc3C2(C)CCCSO)C(C)(CCCSO)c2cc(SO)ccc21.CCCO. The van der Waals surface area contributed by atoms with Crippen LogP contribution in [0.1, 0.15) is 153 Å². The number of allylic oxidation sites excluding steroid dienone is 8. The zero-order valence-corrected chi connectivity index (χ0v) is 47.7. The van der Waals surface area contributed by atoms with Gasteiger partial charge in [-0.1, -0.05) is 85.8 Å². The van der Waals surface area contributed by atoms with Gasteiger partial charge in [0.15, 0.2) is 0 Å². The van der Waals surface area contributed by atoms with E-state index in [1.807, 2.05) is 107 Å². The number of hydrogen-bond acceptors (Lipinski definition) is 16. The van der Waals surface area contributed by atoms with E-state index in [1.165, 1.54) is 0 Å². The number of hydroxylamine groups is 2. The van der Waals surface area contributed by atoms with Gasteiger partial charge in [0.05, 0.1) is 36.1 Å². The Kier molecular flexibility index (Phi) is 31.6. The van der Waals surface area contributed by atoms with E-state index in [2.05, 4.69) is 59.4 Å². The second-order valence-electron chi connectivity index (χ2n) is 18.2. The van der Waals surface area contributed by atoms with Gasteiger partial charge in [0, 0.05) is 87.0 Å². The fourth-order valence-electron chi connectivity index (χ4n) is 7.85. The molecule has 0 aliphatic carbocycles. The number of aliphatic hydroxyl groups excluding tert-OH is 1. The topological polar surface area (TPSA) is 190 Å². The molecule has 3 aliphatic heterocycles. The first-order chi connectivity index (χ1) is 33.9. The van der Waals surface area contributed by atoms with Crippen LogP contribution in [-0.4, -0.2) is 88.2 Å². The van der Waals surface area contributed by atoms with E-state index in [0.29, 0.717) is 58.6 Å². The van der Waals surface area contributed by atoms with Crippen LogP contribution in [0.3, 0.4) is 0 Å². The third kappa shape index (κ3) is 19.8. The molecular weight excluding hydrogens is 979 g/mol. The quantitative estimate of drug-likeness (QED) is 0.0324. The molecule has 1 saturated heterocycles. The van der Waals surface area contributed by atoms with Crippen molar-refractivity contribution in [3.8, 4) is 0 Å². The minimum atomic E-state index is -0.731. The molecule has 1 fully saturated rings. The minimum absolute atomic E-state index is 0.0176. The summed E-state index contributed by atoms with van der Waals surface area (Å²) in [6.07, 6.45) is 17.1. The van der Waals surface area contributed by atoms with Gasteiger partial charge in [-0.2, -0.15) is 0 Å². The molecule has 0 bridgehead atoms. The molecule has 398 valence electrons. The van der Waals surface area contributed by atoms with Gasteiger partial charge in [0.2, 0.25) is 0 Å². The molecule has 0 saturated carbocycles. The number of ether oxygens (including phenoxy) is 1. The van der Waals surface area contributed by atoms with Gasteiger partial charge in [-0.3, -0.25) is 14.6 Å². The number of carbonyl (C=O) groups is 3. The third-order valence-corrected chi connectivity index (χ3v) is 13.0. The van der Waals surface area contributed by atoms with Crippen molar-refractivity contribution in [3.05, 3.63) is 95.8 Å². The van der Waals surface area contributed by atoms with Crippen molar-refractivity contribution < 1.29 is 47.3 Å². The molecule has 0 spiro atoms. The molecular formula is C54H83N3O10S4. The van der Waals surface area contributed by atoms with Crippen molar-refractivity contribution in [1.29, 1.82) is 0 Å². The Labute approximate surface area is 442 Å². The average molecular weight is 1060 g/mol. The van der Waals surface area contributed by atoms with Crippen molar-refractivity contribution in [3.63, 3.8) is 0 Å². The number of carbonyl (C=O) groups excluding carboxylic acids is 3. The lowest BCUT2D eigenvalue weighted by atomic mass is 9.76. The molecule has 2 amide bonds. The van der Waals surface area contributed by atoms with E-state index in [4.69, 9.17) is 19.7 Å². The molecule has 13 nitrogen and oxygen atoms in total. The Hall–Kier alpha value is -3.36. The van der Waals surface area contributed by atoms with Crippen LogP contribution in [0.25, 0.3) is 0 Å². The summed E-state index contributed by atoms with van der Waals surface area (Å²) in [7, 11) is 0. The van der Waals surface area contributed by atoms with Crippen molar-refractivity contribution >= 4 is 83.0 Å². The van der Waals surface area contributed by atoms with Crippen molar-refractivity contribution in [2.45, 2.75) is 174 Å². The van der Waals surface area contributed by atoms with Crippen LogP contribution < -0.4 is 4.90 Å². The van der Waals surface area contributed by atoms with E-state index >= 15 is 0 Å². The fourth-order valence-corrected chi connectivity index (χ4v) is 9.00. The van der Waals surface area contributed by atoms with Crippen molar-refractivity contribution in [2.24, 2.45) is 10.9 Å². The highest BCUT2D eigenvalue weighted by molar-refractivity contribution is 7.94. The fraction of sp³-hybridized carbons (Fsp3) is 0.556. The Morgan fingerprint density at radius 3 is 1.85 bits per heavy atom. The van der Waals surface area contributed by atoms with Crippen LogP contribution in [0.5, 0.6) is 0 Å². The van der Waals surface area contributed by atoms with Gasteiger partial charge in [-0.05, 0) is 156 Å². The van der Waals surface area contributed by atoms with Gasteiger partial charge < -0.3 is 37.8 Å². The lowest BCUT2D eigenvalue weighted by Gasteiger charge is -2.41. The zero-order valence-electron chi connectivity index (χ0n) is 44.4. The Morgan fingerprint density at radius 2 is 1.31 bits per heavy atom. The second kappa shape index (κ2) is 34.2. The Morgan fingerprint density at radius 1 is 0.803 bits per heavy atom. The molecule has 71 heavy (non-hydrogen) atoms. The number of nitrogens with zero attached hydrogens (tertiary/aromatic N) is 3. The van der Waals surface area contributed by atoms with Crippen LogP contribution in [0.15, 0.2) is 99.4 Å². The number of fused-ring (bicyclic) bond motifs is 2. The van der Waals surface area contributed by atoms with Crippen LogP contribution in [-0.2, 0) is 34.8 Å². The molecule has 0 aromatic heterocycles. The summed E-state index contributed by atoms with van der Waals surface area (Å²) >= 11 is 3.05. The standard InChI is InChI=1S/C43H53N3O9S4.C4H10.C3H8O.2C2H6/c1-29(25-40(49)55-46-38(47)19-20-39(46)48)54-28-41(2,3)45-35-18-16-31(59-53)27-33(35)43(5,22-12-24-57-51)37(45)14-10-8-6-7-9-13-36-42(4,21-11-23-56-50)32-26-30(58-52)15-17-34(32)44-36;1-4(2)3;1-2-3-4;2*1-2/h6-10,13-18,26-27,29,50-53H,11-12,19-25,28H2,1-5H3;4H,1-3H3;4H,2-3H2,1H3;2*1-2H3/b7-6+,10-8+,13-9+,37-14+;;;;. The first kappa shape index (κ1) is 65.7. The molecule has 5 rings (SSSR count). The summed E-state index contributed by atoms with van der Waals surface area (Å²) in [6.45, 7) is 27.1. The number of amides is 2. The summed E-state index contributed by atoms with van der Waals surface area (Å²) in [5.41, 5.74) is 4.30. The summed E-state index contributed by atoms with van der Waals surface area (Å²) in [5, 5.41) is 8.42. The van der Waals surface area contributed by atoms with Gasteiger partial charge in [0.25, 0.3) is 11.8 Å². The maximum absolute atomic E-state index is 12.6. The predicted octanol–water partition coefficient (Wildman–Crippen LogP) is 14.7. The molecule has 2 aromatic rings. The molecule has 3 heterocycles. The first-order valence-corrected chi connectivity index (χ1v) is 28.2. The summed E-state index contributed by atoms with van der Waals surface area (Å²) < 4.78 is 45.0. The van der Waals surface area contributed by atoms with Gasteiger partial charge in [-0.25, -0.2) is 4.79 Å². The highest BCUT2D eigenvalue weighted by Gasteiger charge is 2.48. The second-order valence-corrected chi connectivity index (χ2v) is 20.9. The first-order valence-electron chi connectivity index (χ1n) is 24.7. The number of imide groups is 1. The molecule has 5 N–H and O–H groups in total. The van der Waals surface area contributed by atoms with E-state index < -0.39 is 34.8 Å². The van der Waals surface area contributed by atoms with Gasteiger partial charge in [0.1, 0.15) is 0 Å². The van der Waals surface area contributed by atoms with Gasteiger partial charge >= 0.3 is 5.97 Å². The number of aliphatic imine (C=N–C) groups is 1. The molecule has 2 aromatic carbocycles. The highest BCUT2D eigenvalue weighted by atomic mass is 32.2. The number of rotatable bonds is 22. The maximum Gasteiger partial charge on any atom is 0.335 e. The lowest BCUT2D eigenvalue weighted by Crippen LogP contribution is -2.48. The predicted molar refractivity (Wildman–Crippen MR) is 300 cm³/mol. The molecule has 17 heteroatoms. The van der Waals surface area contributed by atoms with E-state index in [9.17, 15) is 32.6 Å². The van der Waals surface area contributed by atoms with Crippen LogP contribution >= 0.6 is 48.2 Å². The summed E-state index contributed by atoms with van der Waals surface area (Å²) in [4.78, 5) is 50.2. The molecule has 3 aliphatic rings. The van der Waals surface area contributed by atoms with E-state index in [0.717, 1.165) is 94.5 Å². The Balaban J connectivity index is 0.00000191. The summed E-state index contributed by atoms with van der Waals surface area (Å²) in [6, 6.07) is 11.7.